The summed E-state index contributed by atoms with van der Waals surface area (Å²) in [6, 6.07) is 19.9. The van der Waals surface area contributed by atoms with Crippen molar-refractivity contribution in [2.24, 2.45) is 0 Å². The Morgan fingerprint density at radius 2 is 1.56 bits per heavy atom. The zero-order chi connectivity index (χ0) is 30.4. The summed E-state index contributed by atoms with van der Waals surface area (Å²) in [5.41, 5.74) is 2.66. The molecule has 0 fully saturated rings. The van der Waals surface area contributed by atoms with Gasteiger partial charge >= 0.3 is 0 Å². The van der Waals surface area contributed by atoms with Crippen LogP contribution in [0.2, 0.25) is 0 Å². The highest BCUT2D eigenvalue weighted by Crippen LogP contribution is 2.26. The summed E-state index contributed by atoms with van der Waals surface area (Å²) in [7, 11) is -2.65. The lowest BCUT2D eigenvalue weighted by atomic mass is 10.0. The lowest BCUT2D eigenvalue weighted by molar-refractivity contribution is -0.141. The van der Waals surface area contributed by atoms with E-state index in [1.807, 2.05) is 65.8 Å². The maximum Gasteiger partial charge on any atom is 0.264 e. The van der Waals surface area contributed by atoms with Crippen LogP contribution in [-0.2, 0) is 26.2 Å². The molecule has 3 rings (SSSR count). The molecular formula is C32H41N3O5S. The Kier molecular flexibility index (Phi) is 10.2. The van der Waals surface area contributed by atoms with Gasteiger partial charge in [-0.25, -0.2) is 8.42 Å². The molecule has 3 aromatic carbocycles. The van der Waals surface area contributed by atoms with Crippen molar-refractivity contribution in [1.82, 2.24) is 10.2 Å². The molecule has 220 valence electrons. The fourth-order valence-corrected chi connectivity index (χ4v) is 5.91. The molecule has 0 saturated heterocycles. The van der Waals surface area contributed by atoms with Crippen molar-refractivity contribution in [3.05, 3.63) is 89.5 Å². The number of methoxy groups -OCH3 is 1. The van der Waals surface area contributed by atoms with Crippen molar-refractivity contribution in [3.63, 3.8) is 0 Å². The number of rotatable bonds is 11. The monoisotopic (exact) mass is 579 g/mol. The van der Waals surface area contributed by atoms with E-state index in [2.05, 4.69) is 5.32 Å². The smallest absolute Gasteiger partial charge is 0.264 e. The quantitative estimate of drug-likeness (QED) is 0.336. The number of nitrogens with zero attached hydrogens (tertiary/aromatic N) is 2. The van der Waals surface area contributed by atoms with Crippen LogP contribution in [0.4, 0.5) is 5.69 Å². The predicted octanol–water partition coefficient (Wildman–Crippen LogP) is 5.23. The van der Waals surface area contributed by atoms with Gasteiger partial charge < -0.3 is 15.0 Å². The third-order valence-electron chi connectivity index (χ3n) is 6.57. The number of nitrogens with one attached hydrogen (secondary N) is 1. The van der Waals surface area contributed by atoms with E-state index >= 15 is 0 Å². The number of carbonyl (C=O) groups excluding carboxylic acids is 2. The first kappa shape index (κ1) is 31.7. The standard InChI is InChI=1S/C32H41N3O5S/c1-8-29(31(37)33-32(4,5)6)34(21-25-11-9-10-24(3)20-25)30(36)22-35(26-14-12-23(2)13-15-26)41(38,39)28-18-16-27(40-7)17-19-28/h9-20,29H,8,21-22H2,1-7H3,(H,33,37)/t29-/m0/s1. The van der Waals surface area contributed by atoms with Gasteiger partial charge in [0.2, 0.25) is 11.8 Å². The van der Waals surface area contributed by atoms with E-state index in [0.717, 1.165) is 21.0 Å². The molecular weight excluding hydrogens is 538 g/mol. The van der Waals surface area contributed by atoms with Crippen LogP contribution >= 0.6 is 0 Å². The topological polar surface area (TPSA) is 96.0 Å². The van der Waals surface area contributed by atoms with Gasteiger partial charge in [-0.05, 0) is 83.0 Å². The molecule has 0 saturated carbocycles. The van der Waals surface area contributed by atoms with Crippen LogP contribution in [-0.4, -0.2) is 50.4 Å². The van der Waals surface area contributed by atoms with Gasteiger partial charge in [-0.3, -0.25) is 13.9 Å². The SMILES string of the molecule is CC[C@@H](C(=O)NC(C)(C)C)N(Cc1cccc(C)c1)C(=O)CN(c1ccc(C)cc1)S(=O)(=O)c1ccc(OC)cc1. The van der Waals surface area contributed by atoms with E-state index in [9.17, 15) is 18.0 Å². The number of anilines is 1. The number of benzene rings is 3. The van der Waals surface area contributed by atoms with E-state index in [1.54, 1.807) is 36.4 Å². The lowest BCUT2D eigenvalue weighted by Gasteiger charge is -2.35. The number of hydrogen-bond acceptors (Lipinski definition) is 5. The van der Waals surface area contributed by atoms with Crippen molar-refractivity contribution in [3.8, 4) is 5.75 Å². The summed E-state index contributed by atoms with van der Waals surface area (Å²) >= 11 is 0. The molecule has 0 unspecified atom stereocenters. The second kappa shape index (κ2) is 13.2. The Hall–Kier alpha value is -3.85. The van der Waals surface area contributed by atoms with Crippen molar-refractivity contribution in [1.29, 1.82) is 0 Å². The molecule has 0 aliphatic carbocycles. The molecule has 0 aromatic heterocycles. The van der Waals surface area contributed by atoms with Gasteiger partial charge in [0, 0.05) is 12.1 Å². The normalized spacial score (nSPS) is 12.4. The average Bonchev–Trinajstić information content (AvgIpc) is 2.91. The van der Waals surface area contributed by atoms with Crippen molar-refractivity contribution >= 4 is 27.5 Å². The predicted molar refractivity (Wildman–Crippen MR) is 162 cm³/mol. The molecule has 1 N–H and O–H groups in total. The molecule has 2 amide bonds. The van der Waals surface area contributed by atoms with E-state index in [0.29, 0.717) is 17.9 Å². The maximum atomic E-state index is 14.2. The number of sulfonamides is 1. The zero-order valence-corrected chi connectivity index (χ0v) is 25.8. The summed E-state index contributed by atoms with van der Waals surface area (Å²) in [6.45, 7) is 11.0. The average molecular weight is 580 g/mol. The number of amides is 2. The van der Waals surface area contributed by atoms with Crippen LogP contribution in [0.1, 0.15) is 50.8 Å². The van der Waals surface area contributed by atoms with Crippen LogP contribution in [0.5, 0.6) is 5.75 Å². The molecule has 0 bridgehead atoms. The minimum Gasteiger partial charge on any atom is -0.497 e. The second-order valence-corrected chi connectivity index (χ2v) is 13.1. The number of hydrogen-bond donors (Lipinski definition) is 1. The van der Waals surface area contributed by atoms with E-state index in [-0.39, 0.29) is 17.3 Å². The molecule has 8 nitrogen and oxygen atoms in total. The van der Waals surface area contributed by atoms with Crippen molar-refractivity contribution in [2.75, 3.05) is 18.0 Å². The summed E-state index contributed by atoms with van der Waals surface area (Å²) in [5, 5.41) is 2.98. The largest absolute Gasteiger partial charge is 0.497 e. The van der Waals surface area contributed by atoms with E-state index in [1.165, 1.54) is 24.1 Å². The van der Waals surface area contributed by atoms with Gasteiger partial charge in [0.25, 0.3) is 10.0 Å². The highest BCUT2D eigenvalue weighted by Gasteiger charge is 2.34. The van der Waals surface area contributed by atoms with Gasteiger partial charge in [-0.15, -0.1) is 0 Å². The molecule has 9 heteroatoms. The Bertz CT molecular complexity index is 1450. The lowest BCUT2D eigenvalue weighted by Crippen LogP contribution is -2.55. The van der Waals surface area contributed by atoms with Gasteiger partial charge in [0.05, 0.1) is 17.7 Å². The summed E-state index contributed by atoms with van der Waals surface area (Å²) in [6.07, 6.45) is 0.356. The van der Waals surface area contributed by atoms with Crippen LogP contribution in [0, 0.1) is 13.8 Å². The van der Waals surface area contributed by atoms with Gasteiger partial charge in [-0.2, -0.15) is 0 Å². The molecule has 0 spiro atoms. The molecule has 0 radical (unpaired) electrons. The fraction of sp³-hybridized carbons (Fsp3) is 0.375. The minimum absolute atomic E-state index is 0.0226. The highest BCUT2D eigenvalue weighted by atomic mass is 32.2. The summed E-state index contributed by atoms with van der Waals surface area (Å²) in [5.74, 6) is -0.261. The summed E-state index contributed by atoms with van der Waals surface area (Å²) in [4.78, 5) is 29.1. The number of aryl methyl sites for hydroxylation is 2. The van der Waals surface area contributed by atoms with Gasteiger partial charge in [0.1, 0.15) is 18.3 Å². The number of carbonyl (C=O) groups is 2. The Labute approximate surface area is 244 Å². The van der Waals surface area contributed by atoms with Crippen molar-refractivity contribution in [2.45, 2.75) is 71.0 Å². The Morgan fingerprint density at radius 3 is 2.10 bits per heavy atom. The van der Waals surface area contributed by atoms with Crippen molar-refractivity contribution < 1.29 is 22.7 Å². The fourth-order valence-electron chi connectivity index (χ4n) is 4.49. The minimum atomic E-state index is -4.15. The third-order valence-corrected chi connectivity index (χ3v) is 8.36. The van der Waals surface area contributed by atoms with Crippen LogP contribution in [0.3, 0.4) is 0 Å². The van der Waals surface area contributed by atoms with Crippen LogP contribution in [0.15, 0.2) is 77.7 Å². The first-order valence-electron chi connectivity index (χ1n) is 13.7. The van der Waals surface area contributed by atoms with E-state index < -0.39 is 34.1 Å². The first-order valence-corrected chi connectivity index (χ1v) is 15.1. The third kappa shape index (κ3) is 8.33. The van der Waals surface area contributed by atoms with Gasteiger partial charge in [0.15, 0.2) is 0 Å². The summed E-state index contributed by atoms with van der Waals surface area (Å²) < 4.78 is 34.2. The van der Waals surface area contributed by atoms with E-state index in [4.69, 9.17) is 4.74 Å². The molecule has 1 atom stereocenters. The van der Waals surface area contributed by atoms with Gasteiger partial charge in [-0.1, -0.05) is 54.4 Å². The molecule has 0 aliphatic heterocycles. The number of ether oxygens (including phenoxy) is 1. The first-order chi connectivity index (χ1) is 19.2. The Balaban J connectivity index is 2.07. The Morgan fingerprint density at radius 1 is 0.927 bits per heavy atom. The van der Waals surface area contributed by atoms with Crippen LogP contribution in [0.25, 0.3) is 0 Å². The van der Waals surface area contributed by atoms with Crippen LogP contribution < -0.4 is 14.4 Å². The second-order valence-electron chi connectivity index (χ2n) is 11.2. The maximum absolute atomic E-state index is 14.2. The zero-order valence-electron chi connectivity index (χ0n) is 25.0. The highest BCUT2D eigenvalue weighted by molar-refractivity contribution is 7.92. The molecule has 41 heavy (non-hydrogen) atoms. The molecule has 0 aliphatic rings. The molecule has 0 heterocycles. The molecule has 3 aromatic rings.